The van der Waals surface area contributed by atoms with Crippen molar-refractivity contribution in [2.45, 2.75) is 19.9 Å². The van der Waals surface area contributed by atoms with E-state index in [0.29, 0.717) is 18.0 Å². The van der Waals surface area contributed by atoms with E-state index in [4.69, 9.17) is 4.74 Å². The largest absolute Gasteiger partial charge is 0.495 e. The second-order valence-corrected chi connectivity index (χ2v) is 5.30. The van der Waals surface area contributed by atoms with E-state index in [1.807, 2.05) is 6.07 Å². The van der Waals surface area contributed by atoms with E-state index >= 15 is 0 Å². The molecule has 0 fully saturated rings. The van der Waals surface area contributed by atoms with Crippen LogP contribution in [0.1, 0.15) is 18.1 Å². The number of halogens is 1. The van der Waals surface area contributed by atoms with Crippen molar-refractivity contribution < 1.29 is 18.7 Å². The first-order chi connectivity index (χ1) is 11.5. The first kappa shape index (κ1) is 17.5. The number of carbonyl (C=O) groups is 2. The van der Waals surface area contributed by atoms with E-state index in [0.717, 1.165) is 11.1 Å². The van der Waals surface area contributed by atoms with Gasteiger partial charge >= 0.3 is 0 Å². The van der Waals surface area contributed by atoms with Crippen molar-refractivity contribution in [2.24, 2.45) is 0 Å². The van der Waals surface area contributed by atoms with Crippen LogP contribution in [0.25, 0.3) is 0 Å². The van der Waals surface area contributed by atoms with Gasteiger partial charge in [-0.2, -0.15) is 0 Å². The molecule has 2 aromatic rings. The van der Waals surface area contributed by atoms with E-state index in [9.17, 15) is 14.0 Å². The lowest BCUT2D eigenvalue weighted by atomic mass is 10.1. The maximum atomic E-state index is 12.8. The summed E-state index contributed by atoms with van der Waals surface area (Å²) in [7, 11) is 1.52. The molecule has 0 aliphatic heterocycles. The highest BCUT2D eigenvalue weighted by Crippen LogP contribution is 2.25. The standard InChI is InChI=1S/C18H19FN2O3/c1-12(22)21-16-9-14(5-8-17(16)24-2)11-20-18(23)10-13-3-6-15(19)7-4-13/h3-9H,10-11H2,1-2H3,(H,20,23)(H,21,22). The van der Waals surface area contributed by atoms with Gasteiger partial charge in [-0.1, -0.05) is 18.2 Å². The van der Waals surface area contributed by atoms with Gasteiger partial charge in [-0.15, -0.1) is 0 Å². The number of nitrogens with one attached hydrogen (secondary N) is 2. The molecule has 0 aromatic heterocycles. The van der Waals surface area contributed by atoms with Crippen molar-refractivity contribution >= 4 is 17.5 Å². The first-order valence-corrected chi connectivity index (χ1v) is 7.43. The van der Waals surface area contributed by atoms with Crippen LogP contribution in [0.15, 0.2) is 42.5 Å². The summed E-state index contributed by atoms with van der Waals surface area (Å²) < 4.78 is 18.0. The first-order valence-electron chi connectivity index (χ1n) is 7.43. The van der Waals surface area contributed by atoms with E-state index in [1.54, 1.807) is 24.3 Å². The van der Waals surface area contributed by atoms with Crippen molar-refractivity contribution in [1.29, 1.82) is 0 Å². The zero-order valence-electron chi connectivity index (χ0n) is 13.6. The van der Waals surface area contributed by atoms with Gasteiger partial charge < -0.3 is 15.4 Å². The van der Waals surface area contributed by atoms with Crippen LogP contribution in [0.2, 0.25) is 0 Å². The molecule has 0 unspecified atom stereocenters. The smallest absolute Gasteiger partial charge is 0.224 e. The van der Waals surface area contributed by atoms with Crippen molar-refractivity contribution in [1.82, 2.24) is 5.32 Å². The second-order valence-electron chi connectivity index (χ2n) is 5.30. The fourth-order valence-corrected chi connectivity index (χ4v) is 2.20. The van der Waals surface area contributed by atoms with Gasteiger partial charge in [-0.05, 0) is 35.4 Å². The number of hydrogen-bond donors (Lipinski definition) is 2. The van der Waals surface area contributed by atoms with Crippen molar-refractivity contribution in [3.05, 3.63) is 59.4 Å². The monoisotopic (exact) mass is 330 g/mol. The Morgan fingerprint density at radius 1 is 1.08 bits per heavy atom. The highest BCUT2D eigenvalue weighted by atomic mass is 19.1. The summed E-state index contributed by atoms with van der Waals surface area (Å²) in [6.07, 6.45) is 0.176. The predicted octanol–water partition coefficient (Wildman–Crippen LogP) is 2.65. The van der Waals surface area contributed by atoms with Gasteiger partial charge in [0.15, 0.2) is 0 Å². The van der Waals surface area contributed by atoms with Crippen molar-refractivity contribution in [2.75, 3.05) is 12.4 Å². The molecule has 0 aliphatic rings. The summed E-state index contributed by atoms with van der Waals surface area (Å²) in [5, 5.41) is 5.48. The Morgan fingerprint density at radius 2 is 1.75 bits per heavy atom. The van der Waals surface area contributed by atoms with Gasteiger partial charge in [0.25, 0.3) is 0 Å². The molecule has 2 amide bonds. The summed E-state index contributed by atoms with van der Waals surface area (Å²) in [6.45, 7) is 1.73. The molecule has 0 atom stereocenters. The third-order valence-electron chi connectivity index (χ3n) is 3.34. The fraction of sp³-hybridized carbons (Fsp3) is 0.222. The summed E-state index contributed by atoms with van der Waals surface area (Å²) in [5.41, 5.74) is 2.12. The molecule has 0 radical (unpaired) electrons. The van der Waals surface area contributed by atoms with Crippen molar-refractivity contribution in [3.8, 4) is 5.75 Å². The van der Waals surface area contributed by atoms with Crippen LogP contribution in [-0.2, 0) is 22.6 Å². The molecule has 0 heterocycles. The molecular formula is C18H19FN2O3. The third kappa shape index (κ3) is 5.08. The van der Waals surface area contributed by atoms with Gasteiger partial charge in [0, 0.05) is 13.5 Å². The number of anilines is 1. The molecule has 0 aliphatic carbocycles. The zero-order valence-corrected chi connectivity index (χ0v) is 13.6. The molecule has 24 heavy (non-hydrogen) atoms. The maximum Gasteiger partial charge on any atom is 0.224 e. The average Bonchev–Trinajstić information content (AvgIpc) is 2.55. The molecule has 0 saturated heterocycles. The highest BCUT2D eigenvalue weighted by molar-refractivity contribution is 5.90. The zero-order chi connectivity index (χ0) is 17.5. The molecule has 2 rings (SSSR count). The van der Waals surface area contributed by atoms with Crippen LogP contribution >= 0.6 is 0 Å². The number of rotatable bonds is 6. The lowest BCUT2D eigenvalue weighted by molar-refractivity contribution is -0.120. The van der Waals surface area contributed by atoms with Crippen LogP contribution in [0.4, 0.5) is 10.1 Å². The number of hydrogen-bond acceptors (Lipinski definition) is 3. The van der Waals surface area contributed by atoms with Gasteiger partial charge in [-0.25, -0.2) is 4.39 Å². The fourth-order valence-electron chi connectivity index (χ4n) is 2.20. The van der Waals surface area contributed by atoms with Crippen LogP contribution in [-0.4, -0.2) is 18.9 Å². The topological polar surface area (TPSA) is 67.4 Å². The van der Waals surface area contributed by atoms with Crippen LogP contribution in [0, 0.1) is 5.82 Å². The molecule has 0 saturated carbocycles. The second kappa shape index (κ2) is 8.10. The van der Waals surface area contributed by atoms with Crippen molar-refractivity contribution in [3.63, 3.8) is 0 Å². The van der Waals surface area contributed by atoms with E-state index in [2.05, 4.69) is 10.6 Å². The minimum Gasteiger partial charge on any atom is -0.495 e. The highest BCUT2D eigenvalue weighted by Gasteiger charge is 2.08. The summed E-state index contributed by atoms with van der Waals surface area (Å²) in [5.74, 6) is -0.154. The lowest BCUT2D eigenvalue weighted by Gasteiger charge is -2.12. The van der Waals surface area contributed by atoms with E-state index in [1.165, 1.54) is 26.2 Å². The van der Waals surface area contributed by atoms with Gasteiger partial charge in [0.2, 0.25) is 11.8 Å². The summed E-state index contributed by atoms with van der Waals surface area (Å²) >= 11 is 0. The number of ether oxygens (including phenoxy) is 1. The number of benzene rings is 2. The summed E-state index contributed by atoms with van der Waals surface area (Å²) in [6, 6.07) is 11.1. The Labute approximate surface area is 139 Å². The third-order valence-corrected chi connectivity index (χ3v) is 3.34. The molecular weight excluding hydrogens is 311 g/mol. The van der Waals surface area contributed by atoms with E-state index in [-0.39, 0.29) is 24.1 Å². The number of amides is 2. The van der Waals surface area contributed by atoms with Gasteiger partial charge in [0.1, 0.15) is 11.6 Å². The van der Waals surface area contributed by atoms with E-state index < -0.39 is 0 Å². The van der Waals surface area contributed by atoms with Gasteiger partial charge in [-0.3, -0.25) is 9.59 Å². The number of carbonyl (C=O) groups excluding carboxylic acids is 2. The Kier molecular flexibility index (Phi) is 5.89. The Hall–Kier alpha value is -2.89. The van der Waals surface area contributed by atoms with Gasteiger partial charge in [0.05, 0.1) is 19.2 Å². The minimum absolute atomic E-state index is 0.168. The number of methoxy groups -OCH3 is 1. The molecule has 0 spiro atoms. The lowest BCUT2D eigenvalue weighted by Crippen LogP contribution is -2.24. The maximum absolute atomic E-state index is 12.8. The van der Waals surface area contributed by atoms with Crippen LogP contribution in [0.3, 0.4) is 0 Å². The SMILES string of the molecule is COc1ccc(CNC(=O)Cc2ccc(F)cc2)cc1NC(C)=O. The molecule has 126 valence electrons. The predicted molar refractivity (Wildman–Crippen MR) is 89.2 cm³/mol. The van der Waals surface area contributed by atoms with Crippen LogP contribution in [0.5, 0.6) is 5.75 Å². The summed E-state index contributed by atoms with van der Waals surface area (Å²) in [4.78, 5) is 23.2. The molecule has 2 aromatic carbocycles. The van der Waals surface area contributed by atoms with Crippen LogP contribution < -0.4 is 15.4 Å². The Bertz CT molecular complexity index is 730. The Morgan fingerprint density at radius 3 is 2.38 bits per heavy atom. The molecule has 0 bridgehead atoms. The molecule has 2 N–H and O–H groups in total. The quantitative estimate of drug-likeness (QED) is 0.856. The normalized spacial score (nSPS) is 10.1. The minimum atomic E-state index is -0.331. The average molecular weight is 330 g/mol. The molecule has 5 nitrogen and oxygen atoms in total. The Balaban J connectivity index is 1.96. The molecule has 6 heteroatoms.